The Morgan fingerprint density at radius 3 is 2.08 bits per heavy atom. The third-order valence-corrected chi connectivity index (χ3v) is 8.83. The Labute approximate surface area is 275 Å². The minimum atomic E-state index is -2.33. The molecule has 3 unspecified atom stereocenters. The summed E-state index contributed by atoms with van der Waals surface area (Å²) >= 11 is 0. The van der Waals surface area contributed by atoms with Gasteiger partial charge in [-0.2, -0.15) is 0 Å². The molecule has 11 heteroatoms. The van der Waals surface area contributed by atoms with Crippen LogP contribution < -0.4 is 5.32 Å². The second-order valence-corrected chi connectivity index (χ2v) is 12.2. The van der Waals surface area contributed by atoms with Crippen LogP contribution in [0, 0.1) is 29.1 Å². The Bertz CT molecular complexity index is 1730. The largest absolute Gasteiger partial charge is 0.392 e. The fourth-order valence-electron chi connectivity index (χ4n) is 6.26. The monoisotopic (exact) mass is 666 g/mol. The fraction of sp³-hybridized carbons (Fsp3) is 0.324. The highest BCUT2D eigenvalue weighted by Gasteiger charge is 2.34. The van der Waals surface area contributed by atoms with Crippen LogP contribution >= 0.6 is 0 Å². The van der Waals surface area contributed by atoms with Gasteiger partial charge in [0.15, 0.2) is 29.6 Å². The molecule has 6 nitrogen and oxygen atoms in total. The summed E-state index contributed by atoms with van der Waals surface area (Å²) in [5.74, 6) is -12.5. The highest BCUT2D eigenvalue weighted by atomic mass is 19.2. The van der Waals surface area contributed by atoms with Crippen molar-refractivity contribution in [2.75, 3.05) is 19.6 Å². The molecule has 0 saturated carbocycles. The first-order valence-electron chi connectivity index (χ1n) is 15.9. The molecule has 4 aromatic rings. The van der Waals surface area contributed by atoms with Crippen LogP contribution in [0.2, 0.25) is 0 Å². The van der Waals surface area contributed by atoms with E-state index >= 15 is 0 Å². The first-order valence-corrected chi connectivity index (χ1v) is 15.9. The zero-order chi connectivity index (χ0) is 33.8. The van der Waals surface area contributed by atoms with Crippen LogP contribution in [0.15, 0.2) is 72.8 Å². The molecule has 0 bridgehead atoms. The van der Waals surface area contributed by atoms with E-state index in [4.69, 9.17) is 9.47 Å². The van der Waals surface area contributed by atoms with E-state index in [9.17, 15) is 31.9 Å². The van der Waals surface area contributed by atoms with Gasteiger partial charge in [0.05, 0.1) is 18.8 Å². The zero-order valence-corrected chi connectivity index (χ0v) is 26.0. The first-order chi connectivity index (χ1) is 23.2. The number of piperidine rings is 1. The molecule has 2 heterocycles. The number of benzene rings is 4. The Morgan fingerprint density at radius 1 is 0.750 bits per heavy atom. The summed E-state index contributed by atoms with van der Waals surface area (Å²) in [4.78, 5) is 14.9. The van der Waals surface area contributed by atoms with Crippen molar-refractivity contribution in [3.8, 4) is 11.1 Å². The third kappa shape index (κ3) is 7.44. The van der Waals surface area contributed by atoms with E-state index in [1.54, 1.807) is 18.2 Å². The number of aliphatic hydroxyl groups is 1. The van der Waals surface area contributed by atoms with E-state index < -0.39 is 46.8 Å². The number of carbonyl (C=O) groups is 1. The van der Waals surface area contributed by atoms with E-state index in [0.717, 1.165) is 47.5 Å². The second-order valence-electron chi connectivity index (χ2n) is 12.2. The topological polar surface area (TPSA) is 71.0 Å². The Morgan fingerprint density at radius 2 is 1.40 bits per heavy atom. The lowest BCUT2D eigenvalue weighted by Crippen LogP contribution is -2.41. The van der Waals surface area contributed by atoms with Crippen molar-refractivity contribution in [3.63, 3.8) is 0 Å². The van der Waals surface area contributed by atoms with Gasteiger partial charge < -0.3 is 24.8 Å². The van der Waals surface area contributed by atoms with Crippen molar-refractivity contribution in [2.24, 2.45) is 0 Å². The molecule has 2 N–H and O–H groups in total. The lowest BCUT2D eigenvalue weighted by atomic mass is 9.98. The molecule has 2 aliphatic heterocycles. The van der Waals surface area contributed by atoms with Crippen LogP contribution in [-0.2, 0) is 22.6 Å². The molecule has 0 spiro atoms. The van der Waals surface area contributed by atoms with Crippen molar-refractivity contribution < 1.29 is 41.3 Å². The van der Waals surface area contributed by atoms with Crippen LogP contribution in [0.25, 0.3) is 11.1 Å². The molecule has 252 valence electrons. The van der Waals surface area contributed by atoms with Crippen molar-refractivity contribution in [1.82, 2.24) is 10.2 Å². The molecule has 1 amide bonds. The number of amides is 1. The third-order valence-electron chi connectivity index (χ3n) is 8.83. The molecule has 0 aromatic heterocycles. The summed E-state index contributed by atoms with van der Waals surface area (Å²) in [7, 11) is 0. The van der Waals surface area contributed by atoms with E-state index in [1.807, 2.05) is 54.6 Å². The van der Waals surface area contributed by atoms with Crippen molar-refractivity contribution in [1.29, 1.82) is 0 Å². The first kappa shape index (κ1) is 33.7. The second kappa shape index (κ2) is 14.9. The Hall–Kier alpha value is -4.16. The number of hydrogen-bond acceptors (Lipinski definition) is 5. The van der Waals surface area contributed by atoms with Crippen molar-refractivity contribution in [3.05, 3.63) is 130 Å². The summed E-state index contributed by atoms with van der Waals surface area (Å²) in [5.41, 5.74) is 3.20. The van der Waals surface area contributed by atoms with E-state index in [2.05, 4.69) is 10.2 Å². The molecule has 2 fully saturated rings. The molecule has 0 aliphatic carbocycles. The lowest BCUT2D eigenvalue weighted by molar-refractivity contribution is -0.253. The van der Waals surface area contributed by atoms with Gasteiger partial charge in [0, 0.05) is 25.1 Å². The normalized spacial score (nSPS) is 20.1. The van der Waals surface area contributed by atoms with Gasteiger partial charge in [-0.05, 0) is 65.9 Å². The summed E-state index contributed by atoms with van der Waals surface area (Å²) in [5, 5.41) is 11.7. The standard InChI is InChI=1S/C37H35F5N2O4/c38-31-30(32(39)34(41)35(42)33(31)40)36(46)43-19-23-6-4-7-25(16-23)26-8-5-9-27(17-26)37-47-28(20-44-14-2-1-3-15-44)18-29(48-37)24-12-10-22(21-45)11-13-24/h4-13,16-17,28-29,37,45H,1-3,14-15,18-21H2,(H,43,46). The molecule has 6 rings (SSSR count). The van der Waals surface area contributed by atoms with Crippen molar-refractivity contribution in [2.45, 2.75) is 57.3 Å². The fourth-order valence-corrected chi connectivity index (χ4v) is 6.26. The van der Waals surface area contributed by atoms with Crippen LogP contribution in [0.5, 0.6) is 0 Å². The quantitative estimate of drug-likeness (QED) is 0.110. The number of carbonyl (C=O) groups excluding carboxylic acids is 1. The number of likely N-dealkylation sites (tertiary alicyclic amines) is 1. The van der Waals surface area contributed by atoms with E-state index in [-0.39, 0.29) is 25.4 Å². The number of ether oxygens (including phenoxy) is 2. The maximum atomic E-state index is 14.1. The molecule has 4 aromatic carbocycles. The summed E-state index contributed by atoms with van der Waals surface area (Å²) in [6.07, 6.45) is 3.31. The predicted molar refractivity (Wildman–Crippen MR) is 168 cm³/mol. The Balaban J connectivity index is 1.20. The van der Waals surface area contributed by atoms with Crippen LogP contribution in [0.4, 0.5) is 22.0 Å². The van der Waals surface area contributed by atoms with Gasteiger partial charge >= 0.3 is 0 Å². The van der Waals surface area contributed by atoms with Gasteiger partial charge in [-0.25, -0.2) is 22.0 Å². The molecule has 48 heavy (non-hydrogen) atoms. The van der Waals surface area contributed by atoms with Gasteiger partial charge in [0.1, 0.15) is 5.56 Å². The van der Waals surface area contributed by atoms with Gasteiger partial charge in [0.25, 0.3) is 5.91 Å². The van der Waals surface area contributed by atoms with E-state index in [0.29, 0.717) is 12.0 Å². The number of hydrogen-bond donors (Lipinski definition) is 2. The maximum absolute atomic E-state index is 14.1. The predicted octanol–water partition coefficient (Wildman–Crippen LogP) is 7.50. The molecule has 2 saturated heterocycles. The average molecular weight is 667 g/mol. The molecule has 0 radical (unpaired) electrons. The average Bonchev–Trinajstić information content (AvgIpc) is 3.13. The zero-order valence-electron chi connectivity index (χ0n) is 26.0. The smallest absolute Gasteiger partial charge is 0.257 e. The molecular weight excluding hydrogens is 631 g/mol. The maximum Gasteiger partial charge on any atom is 0.257 e. The summed E-state index contributed by atoms with van der Waals surface area (Å²) < 4.78 is 82.0. The van der Waals surface area contributed by atoms with Gasteiger partial charge in [0.2, 0.25) is 5.82 Å². The van der Waals surface area contributed by atoms with Crippen LogP contribution in [0.3, 0.4) is 0 Å². The number of nitrogens with zero attached hydrogens (tertiary/aromatic N) is 1. The summed E-state index contributed by atoms with van der Waals surface area (Å²) in [6.45, 7) is 2.60. The Kier molecular flexibility index (Phi) is 10.5. The summed E-state index contributed by atoms with van der Waals surface area (Å²) in [6, 6.07) is 22.4. The highest BCUT2D eigenvalue weighted by Crippen LogP contribution is 2.39. The molecule has 3 atom stereocenters. The lowest BCUT2D eigenvalue weighted by Gasteiger charge is -2.39. The van der Waals surface area contributed by atoms with Gasteiger partial charge in [-0.1, -0.05) is 67.1 Å². The van der Waals surface area contributed by atoms with Crippen LogP contribution in [-0.4, -0.2) is 41.7 Å². The van der Waals surface area contributed by atoms with Gasteiger partial charge in [-0.3, -0.25) is 4.79 Å². The van der Waals surface area contributed by atoms with Gasteiger partial charge in [-0.15, -0.1) is 0 Å². The molecular formula is C37H35F5N2O4. The highest BCUT2D eigenvalue weighted by molar-refractivity contribution is 5.94. The number of halogens is 5. The van der Waals surface area contributed by atoms with E-state index in [1.165, 1.54) is 19.3 Å². The minimum absolute atomic E-state index is 0.0409. The molecule has 2 aliphatic rings. The van der Waals surface area contributed by atoms with Crippen LogP contribution in [0.1, 0.15) is 70.7 Å². The van der Waals surface area contributed by atoms with Crippen molar-refractivity contribution >= 4 is 5.91 Å². The number of aliphatic hydroxyl groups excluding tert-OH is 1. The number of nitrogens with one attached hydrogen (secondary N) is 1. The SMILES string of the molecule is O=C(NCc1cccc(-c2cccc(C3OC(CN4CCCCC4)CC(c4ccc(CO)cc4)O3)c2)c1)c1c(F)c(F)c(F)c(F)c1F. The minimum Gasteiger partial charge on any atom is -0.392 e. The number of rotatable bonds is 9.